The molecule has 0 aliphatic heterocycles. The first-order chi connectivity index (χ1) is 8.82. The van der Waals surface area contributed by atoms with Crippen molar-refractivity contribution in [2.24, 2.45) is 17.9 Å². The molecular weight excluding hydrogens is 248 g/mol. The molecule has 0 amide bonds. The maximum absolute atomic E-state index is 8.79. The molecule has 7 nitrogen and oxygen atoms in total. The van der Waals surface area contributed by atoms with Gasteiger partial charge in [0.15, 0.2) is 5.84 Å². The average Bonchev–Trinajstić information content (AvgIpc) is 2.63. The van der Waals surface area contributed by atoms with Gasteiger partial charge in [-0.3, -0.25) is 0 Å². The van der Waals surface area contributed by atoms with Gasteiger partial charge in [-0.1, -0.05) is 5.16 Å². The van der Waals surface area contributed by atoms with E-state index < -0.39 is 0 Å². The lowest BCUT2D eigenvalue weighted by Crippen LogP contribution is -2.25. The highest BCUT2D eigenvalue weighted by molar-refractivity contribution is 6.00. The van der Waals surface area contributed by atoms with Crippen molar-refractivity contribution in [1.29, 1.82) is 0 Å². The van der Waals surface area contributed by atoms with Gasteiger partial charge < -0.3 is 20.4 Å². The number of nitrogens with two attached hydrogens (primary N) is 1. The summed E-state index contributed by atoms with van der Waals surface area (Å²) in [6.45, 7) is 6.19. The van der Waals surface area contributed by atoms with Crippen LogP contribution in [0.5, 0.6) is 5.88 Å². The van der Waals surface area contributed by atoms with Crippen molar-refractivity contribution in [3.8, 4) is 5.88 Å². The zero-order valence-electron chi connectivity index (χ0n) is 12.1. The minimum absolute atomic E-state index is 0.00778. The molecule has 0 saturated heterocycles. The molecule has 0 saturated carbocycles. The summed E-state index contributed by atoms with van der Waals surface area (Å²) in [5.41, 5.74) is 6.54. The quantitative estimate of drug-likeness (QED) is 0.348. The van der Waals surface area contributed by atoms with E-state index >= 15 is 0 Å². The van der Waals surface area contributed by atoms with Crippen LogP contribution < -0.4 is 10.5 Å². The van der Waals surface area contributed by atoms with E-state index in [1.807, 2.05) is 13.8 Å². The molecule has 0 aromatic carbocycles. The summed E-state index contributed by atoms with van der Waals surface area (Å²) in [5.74, 6) is 0.478. The van der Waals surface area contributed by atoms with Crippen molar-refractivity contribution >= 4 is 5.84 Å². The molecule has 108 valence electrons. The Bertz CT molecular complexity index is 466. The zero-order valence-corrected chi connectivity index (χ0v) is 12.1. The number of aryl methyl sites for hydroxylation is 2. The van der Waals surface area contributed by atoms with Gasteiger partial charge in [0.05, 0.1) is 17.9 Å². The van der Waals surface area contributed by atoms with Crippen LogP contribution in [0.3, 0.4) is 0 Å². The number of amidine groups is 1. The summed E-state index contributed by atoms with van der Waals surface area (Å²) in [6, 6.07) is 0. The fourth-order valence-electron chi connectivity index (χ4n) is 1.64. The smallest absolute Gasteiger partial charge is 0.223 e. The summed E-state index contributed by atoms with van der Waals surface area (Å²) in [4.78, 5) is 0. The van der Waals surface area contributed by atoms with Crippen LogP contribution in [0.2, 0.25) is 0 Å². The second-order valence-corrected chi connectivity index (χ2v) is 4.94. The molecule has 0 fully saturated rings. The lowest BCUT2D eigenvalue weighted by molar-refractivity contribution is 0.00472. The standard InChI is InChI=1S/C12H22N4O3/c1-8-9(10(13)15-17)11(16(4)14-8)19-7-6-12(2,3)18-5/h17H,6-7H2,1-5H3,(H2,13,15). The molecule has 0 atom stereocenters. The second kappa shape index (κ2) is 5.92. The molecular formula is C12H22N4O3. The van der Waals surface area contributed by atoms with Gasteiger partial charge in [0.1, 0.15) is 5.56 Å². The Kier molecular flexibility index (Phi) is 4.77. The minimum atomic E-state index is -0.260. The molecule has 1 aromatic heterocycles. The summed E-state index contributed by atoms with van der Waals surface area (Å²) >= 11 is 0. The summed E-state index contributed by atoms with van der Waals surface area (Å²) in [6.07, 6.45) is 0.712. The van der Waals surface area contributed by atoms with E-state index in [9.17, 15) is 0 Å². The highest BCUT2D eigenvalue weighted by atomic mass is 16.5. The van der Waals surface area contributed by atoms with Crippen LogP contribution in [0.25, 0.3) is 0 Å². The Morgan fingerprint density at radius 1 is 1.53 bits per heavy atom. The third kappa shape index (κ3) is 3.60. The number of ether oxygens (including phenoxy) is 2. The Morgan fingerprint density at radius 3 is 2.68 bits per heavy atom. The predicted molar refractivity (Wildman–Crippen MR) is 71.7 cm³/mol. The predicted octanol–water partition coefficient (Wildman–Crippen LogP) is 1.02. The number of hydrogen-bond acceptors (Lipinski definition) is 5. The van der Waals surface area contributed by atoms with Crippen LogP contribution in [0, 0.1) is 6.92 Å². The third-order valence-corrected chi connectivity index (χ3v) is 3.03. The van der Waals surface area contributed by atoms with Crippen molar-refractivity contribution in [2.45, 2.75) is 32.8 Å². The Balaban J connectivity index is 2.84. The molecule has 0 bridgehead atoms. The number of nitrogens with zero attached hydrogens (tertiary/aromatic N) is 3. The average molecular weight is 270 g/mol. The van der Waals surface area contributed by atoms with E-state index in [4.69, 9.17) is 20.4 Å². The fraction of sp³-hybridized carbons (Fsp3) is 0.667. The number of hydrogen-bond donors (Lipinski definition) is 2. The molecule has 0 spiro atoms. The van der Waals surface area contributed by atoms with Crippen LogP contribution in [0.1, 0.15) is 31.5 Å². The summed E-state index contributed by atoms with van der Waals surface area (Å²) < 4.78 is 12.6. The van der Waals surface area contributed by atoms with Crippen molar-refractivity contribution < 1.29 is 14.7 Å². The van der Waals surface area contributed by atoms with E-state index in [0.29, 0.717) is 30.2 Å². The zero-order chi connectivity index (χ0) is 14.6. The molecule has 7 heteroatoms. The van der Waals surface area contributed by atoms with Crippen LogP contribution in [0.4, 0.5) is 0 Å². The van der Waals surface area contributed by atoms with Gasteiger partial charge in [-0.15, -0.1) is 0 Å². The topological polar surface area (TPSA) is 94.9 Å². The lowest BCUT2D eigenvalue weighted by Gasteiger charge is -2.22. The Labute approximate surface area is 113 Å². The molecule has 0 unspecified atom stereocenters. The monoisotopic (exact) mass is 270 g/mol. The van der Waals surface area contributed by atoms with Gasteiger partial charge in [0.25, 0.3) is 0 Å². The summed E-state index contributed by atoms with van der Waals surface area (Å²) in [7, 11) is 3.41. The van der Waals surface area contributed by atoms with Crippen molar-refractivity contribution in [3.05, 3.63) is 11.3 Å². The molecule has 19 heavy (non-hydrogen) atoms. The van der Waals surface area contributed by atoms with Gasteiger partial charge in [-0.05, 0) is 20.8 Å². The molecule has 0 aliphatic carbocycles. The van der Waals surface area contributed by atoms with Crippen LogP contribution in [-0.2, 0) is 11.8 Å². The van der Waals surface area contributed by atoms with Gasteiger partial charge in [0, 0.05) is 20.6 Å². The highest BCUT2D eigenvalue weighted by Gasteiger charge is 2.21. The van der Waals surface area contributed by atoms with E-state index in [0.717, 1.165) is 0 Å². The van der Waals surface area contributed by atoms with E-state index in [1.54, 1.807) is 25.8 Å². The second-order valence-electron chi connectivity index (χ2n) is 4.94. The molecule has 0 aliphatic rings. The van der Waals surface area contributed by atoms with Crippen molar-refractivity contribution in [3.63, 3.8) is 0 Å². The van der Waals surface area contributed by atoms with Crippen LogP contribution >= 0.6 is 0 Å². The molecule has 1 heterocycles. The van der Waals surface area contributed by atoms with Gasteiger partial charge in [-0.2, -0.15) is 5.10 Å². The highest BCUT2D eigenvalue weighted by Crippen LogP contribution is 2.22. The number of methoxy groups -OCH3 is 1. The largest absolute Gasteiger partial charge is 0.477 e. The van der Waals surface area contributed by atoms with Crippen molar-refractivity contribution in [2.75, 3.05) is 13.7 Å². The van der Waals surface area contributed by atoms with Crippen molar-refractivity contribution in [1.82, 2.24) is 9.78 Å². The fourth-order valence-corrected chi connectivity index (χ4v) is 1.64. The van der Waals surface area contributed by atoms with Crippen LogP contribution in [0.15, 0.2) is 5.16 Å². The number of oxime groups is 1. The normalized spacial score (nSPS) is 12.8. The van der Waals surface area contributed by atoms with Gasteiger partial charge in [-0.25, -0.2) is 4.68 Å². The van der Waals surface area contributed by atoms with E-state index in [2.05, 4.69) is 10.3 Å². The van der Waals surface area contributed by atoms with Gasteiger partial charge >= 0.3 is 0 Å². The Hall–Kier alpha value is -1.76. The van der Waals surface area contributed by atoms with E-state index in [-0.39, 0.29) is 11.4 Å². The first kappa shape index (κ1) is 15.3. The first-order valence-corrected chi connectivity index (χ1v) is 6.02. The maximum atomic E-state index is 8.79. The summed E-state index contributed by atoms with van der Waals surface area (Å²) in [5, 5.41) is 16.0. The molecule has 0 radical (unpaired) electrons. The SMILES string of the molecule is COC(C)(C)CCOc1c(C(N)=NO)c(C)nn1C. The maximum Gasteiger partial charge on any atom is 0.223 e. The molecule has 1 rings (SSSR count). The number of aromatic nitrogens is 2. The van der Waals surface area contributed by atoms with E-state index in [1.165, 1.54) is 0 Å². The number of rotatable bonds is 6. The Morgan fingerprint density at radius 2 is 2.16 bits per heavy atom. The minimum Gasteiger partial charge on any atom is -0.477 e. The lowest BCUT2D eigenvalue weighted by atomic mass is 10.1. The molecule has 1 aromatic rings. The van der Waals surface area contributed by atoms with Gasteiger partial charge in [0.2, 0.25) is 5.88 Å². The van der Waals surface area contributed by atoms with Crippen LogP contribution in [-0.4, -0.2) is 40.1 Å². The third-order valence-electron chi connectivity index (χ3n) is 3.03. The molecule has 3 N–H and O–H groups in total. The first-order valence-electron chi connectivity index (χ1n) is 6.02.